The summed E-state index contributed by atoms with van der Waals surface area (Å²) in [5.74, 6) is 0.649. The zero-order valence-electron chi connectivity index (χ0n) is 11.4. The Hall–Kier alpha value is -1.70. The van der Waals surface area contributed by atoms with E-state index in [0.29, 0.717) is 18.0 Å². The molecule has 1 aromatic carbocycles. The van der Waals surface area contributed by atoms with Gasteiger partial charge >= 0.3 is 0 Å². The molecule has 0 atom stereocenters. The summed E-state index contributed by atoms with van der Waals surface area (Å²) in [4.78, 5) is 0.234. The van der Waals surface area contributed by atoms with Crippen LogP contribution in [0.15, 0.2) is 39.8 Å². The molecule has 6 nitrogen and oxygen atoms in total. The number of nitrogens with one attached hydrogen (secondary N) is 2. The SMILES string of the molecule is CNCc1ccc(S(=O)(=O)NCc2cc(C)on2)cc1. The Kier molecular flexibility index (Phi) is 4.53. The van der Waals surface area contributed by atoms with Gasteiger partial charge in [0.25, 0.3) is 0 Å². The summed E-state index contributed by atoms with van der Waals surface area (Å²) in [6.45, 7) is 2.56. The quantitative estimate of drug-likeness (QED) is 0.836. The third kappa shape index (κ3) is 3.66. The minimum atomic E-state index is -3.53. The van der Waals surface area contributed by atoms with Crippen LogP contribution < -0.4 is 10.0 Å². The molecule has 0 aliphatic rings. The molecule has 0 saturated heterocycles. The van der Waals surface area contributed by atoms with Crippen LogP contribution in [0.1, 0.15) is 17.0 Å². The van der Waals surface area contributed by atoms with Gasteiger partial charge in [-0.15, -0.1) is 0 Å². The summed E-state index contributed by atoms with van der Waals surface area (Å²) in [5, 5.41) is 6.75. The fourth-order valence-electron chi connectivity index (χ4n) is 1.74. The van der Waals surface area contributed by atoms with Crippen molar-refractivity contribution in [2.75, 3.05) is 7.05 Å². The van der Waals surface area contributed by atoms with E-state index in [1.807, 2.05) is 7.05 Å². The third-order valence-corrected chi connectivity index (χ3v) is 4.15. The molecule has 0 aliphatic heterocycles. The number of benzene rings is 1. The molecule has 2 aromatic rings. The van der Waals surface area contributed by atoms with Crippen molar-refractivity contribution in [3.63, 3.8) is 0 Å². The Morgan fingerprint density at radius 3 is 2.45 bits per heavy atom. The summed E-state index contributed by atoms with van der Waals surface area (Å²) in [5.41, 5.74) is 1.58. The summed E-state index contributed by atoms with van der Waals surface area (Å²) >= 11 is 0. The van der Waals surface area contributed by atoms with Gasteiger partial charge in [-0.2, -0.15) is 0 Å². The first-order chi connectivity index (χ1) is 9.51. The van der Waals surface area contributed by atoms with Gasteiger partial charge in [0.2, 0.25) is 10.0 Å². The molecule has 108 valence electrons. The largest absolute Gasteiger partial charge is 0.361 e. The molecule has 1 aromatic heterocycles. The van der Waals surface area contributed by atoms with E-state index in [0.717, 1.165) is 5.56 Å². The fourth-order valence-corrected chi connectivity index (χ4v) is 2.74. The second-order valence-corrected chi connectivity index (χ2v) is 6.19. The number of hydrogen-bond donors (Lipinski definition) is 2. The van der Waals surface area contributed by atoms with E-state index in [4.69, 9.17) is 4.52 Å². The van der Waals surface area contributed by atoms with Crippen molar-refractivity contribution in [3.8, 4) is 0 Å². The van der Waals surface area contributed by atoms with Crippen LogP contribution in [0.2, 0.25) is 0 Å². The predicted molar refractivity (Wildman–Crippen MR) is 74.5 cm³/mol. The van der Waals surface area contributed by atoms with Crippen molar-refractivity contribution >= 4 is 10.0 Å². The third-order valence-electron chi connectivity index (χ3n) is 2.73. The Morgan fingerprint density at radius 1 is 1.20 bits per heavy atom. The van der Waals surface area contributed by atoms with Gasteiger partial charge in [0.05, 0.1) is 17.1 Å². The Labute approximate surface area is 118 Å². The molecule has 20 heavy (non-hydrogen) atoms. The van der Waals surface area contributed by atoms with Crippen molar-refractivity contribution in [2.24, 2.45) is 0 Å². The second kappa shape index (κ2) is 6.17. The monoisotopic (exact) mass is 295 g/mol. The zero-order valence-corrected chi connectivity index (χ0v) is 12.2. The Morgan fingerprint density at radius 2 is 1.90 bits per heavy atom. The highest BCUT2D eigenvalue weighted by atomic mass is 32.2. The average molecular weight is 295 g/mol. The summed E-state index contributed by atoms with van der Waals surface area (Å²) in [6.07, 6.45) is 0. The Balaban J connectivity index is 2.05. The molecule has 0 unspecified atom stereocenters. The lowest BCUT2D eigenvalue weighted by Gasteiger charge is -2.06. The van der Waals surface area contributed by atoms with Crippen molar-refractivity contribution in [1.29, 1.82) is 0 Å². The van der Waals surface area contributed by atoms with Crippen LogP contribution in [-0.4, -0.2) is 20.6 Å². The van der Waals surface area contributed by atoms with E-state index < -0.39 is 10.0 Å². The highest BCUT2D eigenvalue weighted by molar-refractivity contribution is 7.89. The fraction of sp³-hybridized carbons (Fsp3) is 0.308. The predicted octanol–water partition coefficient (Wildman–Crippen LogP) is 1.18. The molecular formula is C13H17N3O3S. The number of aryl methyl sites for hydroxylation is 1. The first-order valence-corrected chi connectivity index (χ1v) is 7.65. The number of aromatic nitrogens is 1. The molecule has 0 fully saturated rings. The summed E-state index contributed by atoms with van der Waals surface area (Å²) in [7, 11) is -1.69. The summed E-state index contributed by atoms with van der Waals surface area (Å²) < 4.78 is 31.6. The maximum absolute atomic E-state index is 12.1. The van der Waals surface area contributed by atoms with E-state index in [-0.39, 0.29) is 11.4 Å². The number of rotatable bonds is 6. The van der Waals surface area contributed by atoms with Gasteiger partial charge in [0.1, 0.15) is 5.76 Å². The van der Waals surface area contributed by atoms with Crippen LogP contribution in [-0.2, 0) is 23.1 Å². The second-order valence-electron chi connectivity index (χ2n) is 4.43. The molecule has 0 bridgehead atoms. The van der Waals surface area contributed by atoms with E-state index in [2.05, 4.69) is 15.2 Å². The number of hydrogen-bond acceptors (Lipinski definition) is 5. The van der Waals surface area contributed by atoms with Gasteiger partial charge in [0.15, 0.2) is 0 Å². The Bertz CT molecular complexity index is 662. The maximum atomic E-state index is 12.1. The minimum absolute atomic E-state index is 0.109. The van der Waals surface area contributed by atoms with Crippen LogP contribution in [0.3, 0.4) is 0 Å². The van der Waals surface area contributed by atoms with Crippen molar-refractivity contribution < 1.29 is 12.9 Å². The minimum Gasteiger partial charge on any atom is -0.361 e. The van der Waals surface area contributed by atoms with Gasteiger partial charge in [-0.05, 0) is 31.7 Å². The van der Waals surface area contributed by atoms with Crippen LogP contribution in [0.4, 0.5) is 0 Å². The van der Waals surface area contributed by atoms with E-state index in [1.54, 1.807) is 37.3 Å². The molecule has 0 radical (unpaired) electrons. The summed E-state index contributed by atoms with van der Waals surface area (Å²) in [6, 6.07) is 8.43. The van der Waals surface area contributed by atoms with Crippen LogP contribution in [0.25, 0.3) is 0 Å². The lowest BCUT2D eigenvalue weighted by molar-refractivity contribution is 0.390. The van der Waals surface area contributed by atoms with E-state index >= 15 is 0 Å². The van der Waals surface area contributed by atoms with Gasteiger partial charge < -0.3 is 9.84 Å². The van der Waals surface area contributed by atoms with Crippen LogP contribution in [0, 0.1) is 6.92 Å². The smallest absolute Gasteiger partial charge is 0.240 e. The first kappa shape index (κ1) is 14.7. The standard InChI is InChI=1S/C13H17N3O3S/c1-10-7-12(16-19-10)9-15-20(17,18)13-5-3-11(4-6-13)8-14-2/h3-7,14-15H,8-9H2,1-2H3. The molecule has 0 saturated carbocycles. The normalized spacial score (nSPS) is 11.7. The maximum Gasteiger partial charge on any atom is 0.240 e. The highest BCUT2D eigenvalue weighted by Gasteiger charge is 2.14. The van der Waals surface area contributed by atoms with Gasteiger partial charge in [-0.25, -0.2) is 13.1 Å². The molecule has 0 amide bonds. The lowest BCUT2D eigenvalue weighted by atomic mass is 10.2. The average Bonchev–Trinajstić information content (AvgIpc) is 2.84. The van der Waals surface area contributed by atoms with Gasteiger partial charge in [-0.3, -0.25) is 0 Å². The molecule has 7 heteroatoms. The van der Waals surface area contributed by atoms with Gasteiger partial charge in [0, 0.05) is 12.6 Å². The van der Waals surface area contributed by atoms with Crippen LogP contribution in [0.5, 0.6) is 0 Å². The topological polar surface area (TPSA) is 84.2 Å². The lowest BCUT2D eigenvalue weighted by Crippen LogP contribution is -2.23. The van der Waals surface area contributed by atoms with E-state index in [9.17, 15) is 8.42 Å². The number of sulfonamides is 1. The first-order valence-electron chi connectivity index (χ1n) is 6.16. The van der Waals surface area contributed by atoms with Gasteiger partial charge in [-0.1, -0.05) is 17.3 Å². The van der Waals surface area contributed by atoms with Crippen LogP contribution >= 0.6 is 0 Å². The van der Waals surface area contributed by atoms with E-state index in [1.165, 1.54) is 0 Å². The van der Waals surface area contributed by atoms with Crippen molar-refractivity contribution in [2.45, 2.75) is 24.9 Å². The highest BCUT2D eigenvalue weighted by Crippen LogP contribution is 2.11. The molecule has 0 aliphatic carbocycles. The molecule has 0 spiro atoms. The number of nitrogens with zero attached hydrogens (tertiary/aromatic N) is 1. The molecular weight excluding hydrogens is 278 g/mol. The molecule has 1 heterocycles. The van der Waals surface area contributed by atoms with Crippen molar-refractivity contribution in [3.05, 3.63) is 47.3 Å². The molecule has 2 N–H and O–H groups in total. The molecule has 2 rings (SSSR count). The zero-order chi connectivity index (χ0) is 14.6. The van der Waals surface area contributed by atoms with Crippen molar-refractivity contribution in [1.82, 2.24) is 15.2 Å².